The molecule has 0 aliphatic heterocycles. The summed E-state index contributed by atoms with van der Waals surface area (Å²) in [4.78, 5) is 3.82. The van der Waals surface area contributed by atoms with Crippen LogP contribution >= 0.6 is 0 Å². The molecule has 0 saturated carbocycles. The van der Waals surface area contributed by atoms with E-state index in [1.165, 1.54) is 29.4 Å². The average Bonchev–Trinajstić information content (AvgIpc) is 2.62. The van der Waals surface area contributed by atoms with Gasteiger partial charge in [0.25, 0.3) is 10.1 Å². The molecule has 0 unspecified atom stereocenters. The summed E-state index contributed by atoms with van der Waals surface area (Å²) in [6, 6.07) is 17.9. The Hall–Kier alpha value is -1.73. The van der Waals surface area contributed by atoms with Gasteiger partial charge in [0.15, 0.2) is 0 Å². The van der Waals surface area contributed by atoms with Gasteiger partial charge in [-0.05, 0) is 33.1 Å². The van der Waals surface area contributed by atoms with Crippen molar-refractivity contribution in [1.29, 1.82) is 0 Å². The van der Waals surface area contributed by atoms with Gasteiger partial charge in [-0.1, -0.05) is 90.1 Å². The Morgan fingerprint density at radius 3 is 1.10 bits per heavy atom. The Labute approximate surface area is 176 Å². The van der Waals surface area contributed by atoms with Gasteiger partial charge in [0.2, 0.25) is 0 Å². The third kappa shape index (κ3) is 10.6. The molecule has 0 aliphatic rings. The van der Waals surface area contributed by atoms with E-state index in [1.54, 1.807) is 0 Å². The van der Waals surface area contributed by atoms with Crippen molar-refractivity contribution >= 4 is 10.1 Å². The van der Waals surface area contributed by atoms with Crippen LogP contribution in [0.25, 0.3) is 11.1 Å². The Kier molecular flexibility index (Phi) is 10.8. The van der Waals surface area contributed by atoms with Gasteiger partial charge < -0.3 is 5.11 Å². The molecule has 2 N–H and O–H groups in total. The minimum absolute atomic E-state index is 0.217. The first-order chi connectivity index (χ1) is 13.2. The average molecular weight is 426 g/mol. The molecule has 0 heterocycles. The van der Waals surface area contributed by atoms with E-state index in [0.29, 0.717) is 0 Å². The van der Waals surface area contributed by atoms with Crippen LogP contribution in [0, 0.1) is 0 Å². The van der Waals surface area contributed by atoms with Crippen molar-refractivity contribution in [1.82, 2.24) is 0 Å². The predicted octanol–water partition coefficient (Wildman–Crippen LogP) is 4.81. The number of benzene rings is 2. The molecule has 0 bridgehead atoms. The third-order valence-electron chi connectivity index (χ3n) is 4.03. The molecule has 0 aromatic heterocycles. The minimum atomic E-state index is -3.40. The van der Waals surface area contributed by atoms with Crippen molar-refractivity contribution in [2.45, 2.75) is 52.4 Å². The Morgan fingerprint density at radius 1 is 0.690 bits per heavy atom. The summed E-state index contributed by atoms with van der Waals surface area (Å²) in [6.45, 7) is 13.5. The molecule has 2 aromatic carbocycles. The topological polar surface area (TPSA) is 75.5 Å². The lowest BCUT2D eigenvalue weighted by atomic mass is 9.85. The van der Waals surface area contributed by atoms with Crippen molar-refractivity contribution in [3.05, 3.63) is 59.7 Å². The standard InChI is InChI=1S/C20H26.C2H6O4S.CH4O/c1-19(2,3)17-11-7-15(8-12-17)16-9-13-18(14-10-16)20(4,5)6;1-5-6-7(2,3)4;1-2/h7-14H,1-6H3;1-2H3;2H,1H3/p+1. The molecule has 2 aromatic rings. The van der Waals surface area contributed by atoms with Crippen LogP contribution in [-0.4, -0.2) is 34.0 Å². The first kappa shape index (κ1) is 27.3. The van der Waals surface area contributed by atoms with E-state index in [0.717, 1.165) is 13.4 Å². The Morgan fingerprint density at radius 2 is 0.966 bits per heavy atom. The van der Waals surface area contributed by atoms with Crippen LogP contribution in [0.2, 0.25) is 0 Å². The molecule has 0 aliphatic carbocycles. The molecule has 29 heavy (non-hydrogen) atoms. The fraction of sp³-hybridized carbons (Fsp3) is 0.478. The largest absolute Gasteiger partial charge is 0.448 e. The zero-order valence-corrected chi connectivity index (χ0v) is 20.0. The zero-order chi connectivity index (χ0) is 22.9. The quantitative estimate of drug-likeness (QED) is 0.402. The summed E-state index contributed by atoms with van der Waals surface area (Å²) in [5.74, 6) is 0. The van der Waals surface area contributed by atoms with Gasteiger partial charge in [-0.2, -0.15) is 8.42 Å². The van der Waals surface area contributed by atoms with E-state index in [2.05, 4.69) is 99.3 Å². The highest BCUT2D eigenvalue weighted by atomic mass is 32.2. The smallest absolute Gasteiger partial charge is 0.290 e. The van der Waals surface area contributed by atoms with Gasteiger partial charge in [-0.15, -0.1) is 4.33 Å². The van der Waals surface area contributed by atoms with Gasteiger partial charge in [0.05, 0.1) is 13.4 Å². The molecule has 0 radical (unpaired) electrons. The highest BCUT2D eigenvalue weighted by Crippen LogP contribution is 2.28. The maximum Gasteiger partial charge on any atom is 0.290 e. The molecule has 6 heteroatoms. The lowest BCUT2D eigenvalue weighted by Crippen LogP contribution is -2.10. The van der Waals surface area contributed by atoms with Gasteiger partial charge in [0, 0.05) is 0 Å². The first-order valence-corrected chi connectivity index (χ1v) is 11.2. The van der Waals surface area contributed by atoms with Crippen LogP contribution in [0.5, 0.6) is 0 Å². The number of hydrogen-bond donors (Lipinski definition) is 0. The predicted molar refractivity (Wildman–Crippen MR) is 122 cm³/mol. The molecule has 0 amide bonds. The van der Waals surface area contributed by atoms with E-state index in [4.69, 9.17) is 5.11 Å². The van der Waals surface area contributed by atoms with Gasteiger partial charge in [-0.25, -0.2) is 4.89 Å². The van der Waals surface area contributed by atoms with E-state index >= 15 is 0 Å². The monoisotopic (exact) mass is 425 g/mol. The van der Waals surface area contributed by atoms with Crippen molar-refractivity contribution in [2.75, 3.05) is 20.5 Å². The molecule has 0 fully saturated rings. The molecular weight excluding hydrogens is 388 g/mol. The first-order valence-electron chi connectivity index (χ1n) is 9.38. The van der Waals surface area contributed by atoms with E-state index in [9.17, 15) is 8.42 Å². The highest BCUT2D eigenvalue weighted by molar-refractivity contribution is 7.85. The lowest BCUT2D eigenvalue weighted by Gasteiger charge is -2.20. The molecule has 0 atom stereocenters. The zero-order valence-electron chi connectivity index (χ0n) is 19.2. The summed E-state index contributed by atoms with van der Waals surface area (Å²) in [6.07, 6.45) is 0.899. The van der Waals surface area contributed by atoms with Gasteiger partial charge >= 0.3 is 0 Å². The van der Waals surface area contributed by atoms with Crippen LogP contribution in [0.3, 0.4) is 0 Å². The second-order valence-corrected chi connectivity index (χ2v) is 10.1. The maximum atomic E-state index is 9.88. The van der Waals surface area contributed by atoms with Crippen LogP contribution < -0.4 is 0 Å². The molecule has 0 spiro atoms. The SMILES string of the molecule is CC(C)(C)c1ccc(-c2ccc(C(C)(C)C)cc2)cc1.COOS(C)(=O)=O.C[OH2+]. The van der Waals surface area contributed by atoms with Crippen molar-refractivity contribution in [3.63, 3.8) is 0 Å². The summed E-state index contributed by atoms with van der Waals surface area (Å²) in [7, 11) is -1.02. The number of hydrogen-bond acceptors (Lipinski definition) is 4. The van der Waals surface area contributed by atoms with Crippen LogP contribution in [-0.2, 0) is 30.2 Å². The minimum Gasteiger partial charge on any atom is -0.448 e. The molecule has 164 valence electrons. The van der Waals surface area contributed by atoms with E-state index < -0.39 is 10.1 Å². The fourth-order valence-corrected chi connectivity index (χ4v) is 2.70. The fourth-order valence-electron chi connectivity index (χ4n) is 2.45. The van der Waals surface area contributed by atoms with E-state index in [1.807, 2.05) is 0 Å². The third-order valence-corrected chi connectivity index (χ3v) is 4.41. The molecular formula is C23H37O5S+. The van der Waals surface area contributed by atoms with Crippen LogP contribution in [0.4, 0.5) is 0 Å². The van der Waals surface area contributed by atoms with Gasteiger partial charge in [0.1, 0.15) is 7.11 Å². The summed E-state index contributed by atoms with van der Waals surface area (Å²) >= 11 is 0. The van der Waals surface area contributed by atoms with E-state index in [-0.39, 0.29) is 10.8 Å². The van der Waals surface area contributed by atoms with Crippen molar-refractivity contribution in [2.24, 2.45) is 0 Å². The summed E-state index contributed by atoms with van der Waals surface area (Å²) < 4.78 is 23.5. The maximum absolute atomic E-state index is 9.88. The second-order valence-electron chi connectivity index (χ2n) is 8.59. The second kappa shape index (κ2) is 11.5. The molecule has 5 nitrogen and oxygen atoms in total. The molecule has 2 rings (SSSR count). The van der Waals surface area contributed by atoms with Crippen molar-refractivity contribution < 1.29 is 22.7 Å². The van der Waals surface area contributed by atoms with Crippen LogP contribution in [0.15, 0.2) is 48.5 Å². The summed E-state index contributed by atoms with van der Waals surface area (Å²) in [5, 5.41) is 5.75. The molecule has 0 saturated heterocycles. The normalized spacial score (nSPS) is 11.7. The van der Waals surface area contributed by atoms with Crippen molar-refractivity contribution in [3.8, 4) is 11.1 Å². The Bertz CT molecular complexity index is 754. The van der Waals surface area contributed by atoms with Crippen LogP contribution in [0.1, 0.15) is 52.7 Å². The number of rotatable bonds is 3. The summed E-state index contributed by atoms with van der Waals surface area (Å²) in [5.41, 5.74) is 5.78. The lowest BCUT2D eigenvalue weighted by molar-refractivity contribution is -0.171. The van der Waals surface area contributed by atoms with Gasteiger partial charge in [-0.3, -0.25) is 0 Å². The highest BCUT2D eigenvalue weighted by Gasteiger charge is 2.14. The Balaban J connectivity index is 0.000000740.